The third-order valence-electron chi connectivity index (χ3n) is 2.11. The first-order valence-corrected chi connectivity index (χ1v) is 6.83. The van der Waals surface area contributed by atoms with Crippen molar-refractivity contribution in [2.45, 2.75) is 24.0 Å². The molecule has 0 saturated heterocycles. The Balaban J connectivity index is 3.85. The molecule has 1 rings (SSSR count). The van der Waals surface area contributed by atoms with Crippen LogP contribution in [0, 0.1) is 0 Å². The summed E-state index contributed by atoms with van der Waals surface area (Å²) in [7, 11) is 0.0354. The highest BCUT2D eigenvalue weighted by atomic mass is 35.7. The lowest BCUT2D eigenvalue weighted by Crippen LogP contribution is -2.17. The van der Waals surface area contributed by atoms with E-state index in [1.165, 1.54) is 0 Å². The second-order valence-electron chi connectivity index (χ2n) is 3.30. The van der Waals surface area contributed by atoms with Crippen molar-refractivity contribution in [3.8, 4) is 0 Å². The summed E-state index contributed by atoms with van der Waals surface area (Å²) in [6.07, 6.45) is -8.79. The molecule has 0 amide bonds. The van der Waals surface area contributed by atoms with E-state index in [4.69, 9.17) is 16.4 Å². The molecule has 0 spiro atoms. The van der Waals surface area contributed by atoms with Crippen molar-refractivity contribution in [2.24, 2.45) is 5.73 Å². The van der Waals surface area contributed by atoms with Gasteiger partial charge in [0.05, 0.1) is 16.8 Å². The number of aromatic nitrogens is 1. The molecular formula is C8H6ClF5N2O2S. The van der Waals surface area contributed by atoms with Gasteiger partial charge in [-0.3, -0.25) is 4.98 Å². The van der Waals surface area contributed by atoms with Gasteiger partial charge in [0, 0.05) is 23.4 Å². The van der Waals surface area contributed by atoms with Crippen LogP contribution in [0.25, 0.3) is 0 Å². The van der Waals surface area contributed by atoms with Crippen LogP contribution in [-0.2, 0) is 21.8 Å². The highest BCUT2D eigenvalue weighted by Crippen LogP contribution is 2.40. The van der Waals surface area contributed by atoms with Gasteiger partial charge in [-0.1, -0.05) is 0 Å². The van der Waals surface area contributed by atoms with Gasteiger partial charge in [-0.25, -0.2) is 17.2 Å². The van der Waals surface area contributed by atoms with Gasteiger partial charge in [0.1, 0.15) is 4.90 Å². The molecule has 0 radical (unpaired) electrons. The van der Waals surface area contributed by atoms with Gasteiger partial charge in [-0.05, 0) is 0 Å². The molecule has 0 aliphatic rings. The lowest BCUT2D eigenvalue weighted by molar-refractivity contribution is -0.140. The molecule has 11 heteroatoms. The van der Waals surface area contributed by atoms with Crippen LogP contribution in [0.15, 0.2) is 11.1 Å². The zero-order valence-corrected chi connectivity index (χ0v) is 10.5. The molecule has 0 bridgehead atoms. The second-order valence-corrected chi connectivity index (χ2v) is 5.80. The lowest BCUT2D eigenvalue weighted by Gasteiger charge is -2.16. The molecule has 108 valence electrons. The summed E-state index contributed by atoms with van der Waals surface area (Å²) < 4.78 is 85.6. The normalized spacial score (nSPS) is 13.1. The Morgan fingerprint density at radius 2 is 1.89 bits per heavy atom. The lowest BCUT2D eigenvalue weighted by atomic mass is 10.1. The zero-order valence-electron chi connectivity index (χ0n) is 8.88. The van der Waals surface area contributed by atoms with Crippen molar-refractivity contribution < 1.29 is 30.4 Å². The molecule has 1 aromatic heterocycles. The standard InChI is InChI=1S/C8H6ClF5N2O2S/c9-19(17,18)6-4(1-15)16-2-3(8(12,13)14)5(6)7(10)11/h2,7H,1,15H2. The SMILES string of the molecule is NCc1ncc(C(F)(F)F)c(C(F)F)c1S(=O)(=O)Cl. The summed E-state index contributed by atoms with van der Waals surface area (Å²) in [4.78, 5) is 1.74. The highest BCUT2D eigenvalue weighted by Gasteiger charge is 2.40. The third kappa shape index (κ3) is 3.31. The van der Waals surface area contributed by atoms with Crippen LogP contribution in [0.4, 0.5) is 22.0 Å². The summed E-state index contributed by atoms with van der Waals surface area (Å²) in [5.41, 5.74) is 0.809. The molecule has 0 atom stereocenters. The van der Waals surface area contributed by atoms with E-state index in [0.29, 0.717) is 0 Å². The van der Waals surface area contributed by atoms with E-state index in [0.717, 1.165) is 0 Å². The van der Waals surface area contributed by atoms with E-state index in [9.17, 15) is 30.4 Å². The molecule has 0 aliphatic heterocycles. The first kappa shape index (κ1) is 16.1. The fourth-order valence-electron chi connectivity index (χ4n) is 1.41. The number of nitrogens with two attached hydrogens (primary N) is 1. The summed E-state index contributed by atoms with van der Waals surface area (Å²) in [5, 5.41) is 0. The van der Waals surface area contributed by atoms with E-state index in [1.54, 1.807) is 0 Å². The maximum Gasteiger partial charge on any atom is 0.418 e. The number of halogens is 6. The number of nitrogens with zero attached hydrogens (tertiary/aromatic N) is 1. The molecule has 1 aromatic rings. The minimum atomic E-state index is -5.19. The monoisotopic (exact) mass is 324 g/mol. The van der Waals surface area contributed by atoms with Crippen molar-refractivity contribution in [2.75, 3.05) is 0 Å². The molecular weight excluding hydrogens is 319 g/mol. The van der Waals surface area contributed by atoms with Crippen molar-refractivity contribution in [1.82, 2.24) is 4.98 Å². The van der Waals surface area contributed by atoms with Gasteiger partial charge in [0.2, 0.25) is 0 Å². The van der Waals surface area contributed by atoms with Crippen LogP contribution < -0.4 is 5.73 Å². The predicted octanol–water partition coefficient (Wildman–Crippen LogP) is 2.42. The largest absolute Gasteiger partial charge is 0.418 e. The van der Waals surface area contributed by atoms with E-state index in [1.807, 2.05) is 0 Å². The van der Waals surface area contributed by atoms with Crippen LogP contribution in [0.5, 0.6) is 0 Å². The minimum absolute atomic E-state index is 0.106. The Kier molecular flexibility index (Phi) is 4.37. The van der Waals surface area contributed by atoms with Gasteiger partial charge in [-0.2, -0.15) is 13.2 Å². The van der Waals surface area contributed by atoms with Crippen molar-refractivity contribution in [1.29, 1.82) is 0 Å². The first-order chi connectivity index (χ1) is 8.50. The Labute approximate surface area is 108 Å². The van der Waals surface area contributed by atoms with Crippen LogP contribution in [0.1, 0.15) is 23.2 Å². The Morgan fingerprint density at radius 1 is 1.37 bits per heavy atom. The topological polar surface area (TPSA) is 73.0 Å². The molecule has 2 N–H and O–H groups in total. The van der Waals surface area contributed by atoms with Crippen LogP contribution >= 0.6 is 10.7 Å². The summed E-state index contributed by atoms with van der Waals surface area (Å²) in [6.45, 7) is -0.654. The molecule has 0 aliphatic carbocycles. The van der Waals surface area contributed by atoms with E-state index < -0.39 is 49.9 Å². The van der Waals surface area contributed by atoms with Gasteiger partial charge in [0.25, 0.3) is 15.5 Å². The van der Waals surface area contributed by atoms with Gasteiger partial charge >= 0.3 is 6.18 Å². The Morgan fingerprint density at radius 3 is 2.21 bits per heavy atom. The van der Waals surface area contributed by atoms with Gasteiger partial charge in [-0.15, -0.1) is 0 Å². The van der Waals surface area contributed by atoms with E-state index >= 15 is 0 Å². The van der Waals surface area contributed by atoms with Crippen LogP contribution in [0.2, 0.25) is 0 Å². The average molecular weight is 325 g/mol. The molecule has 4 nitrogen and oxygen atoms in total. The maximum absolute atomic E-state index is 12.8. The van der Waals surface area contributed by atoms with Crippen molar-refractivity contribution in [3.05, 3.63) is 23.0 Å². The molecule has 0 fully saturated rings. The zero-order chi connectivity index (χ0) is 15.0. The summed E-state index contributed by atoms with van der Waals surface area (Å²) in [5.74, 6) is 0. The predicted molar refractivity (Wildman–Crippen MR) is 55.1 cm³/mol. The van der Waals surface area contributed by atoms with Crippen molar-refractivity contribution >= 4 is 19.7 Å². The number of hydrogen-bond acceptors (Lipinski definition) is 4. The Hall–Kier alpha value is -1.00. The van der Waals surface area contributed by atoms with Crippen molar-refractivity contribution in [3.63, 3.8) is 0 Å². The van der Waals surface area contributed by atoms with Crippen LogP contribution in [0.3, 0.4) is 0 Å². The second kappa shape index (κ2) is 5.17. The Bertz CT molecular complexity index is 588. The molecule has 19 heavy (non-hydrogen) atoms. The number of pyridine rings is 1. The molecule has 1 heterocycles. The smallest absolute Gasteiger partial charge is 0.325 e. The average Bonchev–Trinajstić information content (AvgIpc) is 2.24. The quantitative estimate of drug-likeness (QED) is 0.684. The molecule has 0 aromatic carbocycles. The fraction of sp³-hybridized carbons (Fsp3) is 0.375. The fourth-order valence-corrected chi connectivity index (χ4v) is 2.80. The number of rotatable bonds is 3. The van der Waals surface area contributed by atoms with Crippen LogP contribution in [-0.4, -0.2) is 13.4 Å². The minimum Gasteiger partial charge on any atom is -0.325 e. The van der Waals surface area contributed by atoms with E-state index in [-0.39, 0.29) is 6.20 Å². The third-order valence-corrected chi connectivity index (χ3v) is 3.51. The first-order valence-electron chi connectivity index (χ1n) is 4.52. The summed E-state index contributed by atoms with van der Waals surface area (Å²) >= 11 is 0. The molecule has 0 saturated carbocycles. The van der Waals surface area contributed by atoms with E-state index in [2.05, 4.69) is 4.98 Å². The van der Waals surface area contributed by atoms with Gasteiger partial charge in [0.15, 0.2) is 0 Å². The maximum atomic E-state index is 12.8. The number of hydrogen-bond donors (Lipinski definition) is 1. The highest BCUT2D eigenvalue weighted by molar-refractivity contribution is 8.13. The summed E-state index contributed by atoms with van der Waals surface area (Å²) in [6, 6.07) is 0. The molecule has 0 unspecified atom stereocenters. The number of alkyl halides is 5. The van der Waals surface area contributed by atoms with Gasteiger partial charge < -0.3 is 5.73 Å².